The molecule has 1 atom stereocenters. The summed E-state index contributed by atoms with van der Waals surface area (Å²) in [7, 11) is 0. The molecule has 19 heavy (non-hydrogen) atoms. The fourth-order valence-electron chi connectivity index (χ4n) is 2.37. The van der Waals surface area contributed by atoms with E-state index in [4.69, 9.17) is 4.74 Å². The zero-order valence-corrected chi connectivity index (χ0v) is 11.4. The topological polar surface area (TPSA) is 69.4 Å². The van der Waals surface area contributed by atoms with E-state index in [1.807, 2.05) is 24.8 Å². The molecule has 0 aliphatic carbocycles. The van der Waals surface area contributed by atoms with Crippen LogP contribution in [0, 0.1) is 31.1 Å². The second-order valence-electron chi connectivity index (χ2n) is 4.96. The molecule has 1 saturated heterocycles. The van der Waals surface area contributed by atoms with Crippen molar-refractivity contribution >= 4 is 5.82 Å². The largest absolute Gasteiger partial charge is 0.396 e. The summed E-state index contributed by atoms with van der Waals surface area (Å²) < 4.78 is 5.47. The van der Waals surface area contributed by atoms with Gasteiger partial charge in [-0.15, -0.1) is 0 Å². The molecule has 2 heterocycles. The highest BCUT2D eigenvalue weighted by Gasteiger charge is 2.22. The first-order chi connectivity index (χ1) is 9.15. The van der Waals surface area contributed by atoms with Gasteiger partial charge in [0.1, 0.15) is 11.9 Å². The van der Waals surface area contributed by atoms with Crippen molar-refractivity contribution in [2.45, 2.75) is 13.8 Å². The number of aliphatic hydroxyl groups is 1. The quantitative estimate of drug-likeness (QED) is 0.860. The molecule has 1 aliphatic heterocycles. The fraction of sp³-hybridized carbons (Fsp3) is 0.571. The standard InChI is InChI=1S/C14H19N3O2/c1-10-5-11(2)16-14(13(10)6-15)17-3-4-19-9-12(7-17)8-18/h5,12,18H,3-4,7-9H2,1-2H3/t12-/m0/s1. The van der Waals surface area contributed by atoms with Gasteiger partial charge in [0.2, 0.25) is 0 Å². The summed E-state index contributed by atoms with van der Waals surface area (Å²) in [5, 5.41) is 18.6. The van der Waals surface area contributed by atoms with Crippen LogP contribution >= 0.6 is 0 Å². The molecule has 0 bridgehead atoms. The summed E-state index contributed by atoms with van der Waals surface area (Å²) in [6.45, 7) is 6.45. The van der Waals surface area contributed by atoms with Crippen LogP contribution in [0.5, 0.6) is 0 Å². The summed E-state index contributed by atoms with van der Waals surface area (Å²) in [5.41, 5.74) is 2.46. The Kier molecular flexibility index (Phi) is 4.35. The highest BCUT2D eigenvalue weighted by atomic mass is 16.5. The summed E-state index contributed by atoms with van der Waals surface area (Å²) in [4.78, 5) is 6.55. The van der Waals surface area contributed by atoms with Crippen LogP contribution in [0.3, 0.4) is 0 Å². The third kappa shape index (κ3) is 3.03. The molecule has 102 valence electrons. The Balaban J connectivity index is 2.37. The van der Waals surface area contributed by atoms with Crippen LogP contribution in [0.4, 0.5) is 5.82 Å². The second-order valence-corrected chi connectivity index (χ2v) is 4.96. The lowest BCUT2D eigenvalue weighted by Gasteiger charge is -2.25. The zero-order chi connectivity index (χ0) is 13.8. The summed E-state index contributed by atoms with van der Waals surface area (Å²) >= 11 is 0. The molecule has 0 amide bonds. The van der Waals surface area contributed by atoms with Crippen molar-refractivity contribution in [2.24, 2.45) is 5.92 Å². The summed E-state index contributed by atoms with van der Waals surface area (Å²) in [6.07, 6.45) is 0. The Labute approximate surface area is 113 Å². The minimum Gasteiger partial charge on any atom is -0.396 e. The van der Waals surface area contributed by atoms with Crippen molar-refractivity contribution in [3.05, 3.63) is 22.9 Å². The van der Waals surface area contributed by atoms with Crippen LogP contribution in [-0.2, 0) is 4.74 Å². The second kappa shape index (κ2) is 6.00. The van der Waals surface area contributed by atoms with Gasteiger partial charge in [0.15, 0.2) is 0 Å². The predicted octanol–water partition coefficient (Wildman–Crippen LogP) is 1.02. The highest BCUT2D eigenvalue weighted by Crippen LogP contribution is 2.23. The van der Waals surface area contributed by atoms with Crippen molar-refractivity contribution < 1.29 is 9.84 Å². The van der Waals surface area contributed by atoms with Crippen LogP contribution in [0.2, 0.25) is 0 Å². The highest BCUT2D eigenvalue weighted by molar-refractivity contribution is 5.58. The Hall–Kier alpha value is -1.64. The van der Waals surface area contributed by atoms with Gasteiger partial charge in [0.25, 0.3) is 0 Å². The molecule has 0 radical (unpaired) electrons. The van der Waals surface area contributed by atoms with Crippen LogP contribution in [-0.4, -0.2) is 43.0 Å². The Morgan fingerprint density at radius 3 is 3.05 bits per heavy atom. The molecule has 1 N–H and O–H groups in total. The SMILES string of the molecule is Cc1cc(C)c(C#N)c(N2CCOC[C@H](CO)C2)n1. The molecule has 0 unspecified atom stereocenters. The average Bonchev–Trinajstić information content (AvgIpc) is 2.63. The first-order valence-electron chi connectivity index (χ1n) is 6.47. The number of hydrogen-bond donors (Lipinski definition) is 1. The van der Waals surface area contributed by atoms with Crippen LogP contribution in [0.1, 0.15) is 16.8 Å². The number of aromatic nitrogens is 1. The number of aliphatic hydroxyl groups excluding tert-OH is 1. The average molecular weight is 261 g/mol. The number of pyridine rings is 1. The van der Waals surface area contributed by atoms with Gasteiger partial charge >= 0.3 is 0 Å². The molecule has 0 aromatic carbocycles. The van der Waals surface area contributed by atoms with Gasteiger partial charge in [-0.3, -0.25) is 0 Å². The van der Waals surface area contributed by atoms with Crippen molar-refractivity contribution in [3.63, 3.8) is 0 Å². The van der Waals surface area contributed by atoms with Crippen LogP contribution in [0.25, 0.3) is 0 Å². The fourth-order valence-corrected chi connectivity index (χ4v) is 2.37. The van der Waals surface area contributed by atoms with E-state index in [0.29, 0.717) is 37.7 Å². The normalized spacial score (nSPS) is 19.9. The van der Waals surface area contributed by atoms with E-state index in [1.165, 1.54) is 0 Å². The van der Waals surface area contributed by atoms with Crippen molar-refractivity contribution in [1.82, 2.24) is 4.98 Å². The third-order valence-electron chi connectivity index (χ3n) is 3.33. The molecule has 1 fully saturated rings. The maximum absolute atomic E-state index is 9.32. The summed E-state index contributed by atoms with van der Waals surface area (Å²) in [5.74, 6) is 0.778. The number of ether oxygens (including phenoxy) is 1. The number of nitriles is 1. The molecule has 1 aliphatic rings. The van der Waals surface area contributed by atoms with Crippen LogP contribution < -0.4 is 4.90 Å². The molecule has 5 nitrogen and oxygen atoms in total. The monoisotopic (exact) mass is 261 g/mol. The van der Waals surface area contributed by atoms with Gasteiger partial charge in [-0.25, -0.2) is 4.98 Å². The molecule has 0 saturated carbocycles. The lowest BCUT2D eigenvalue weighted by molar-refractivity contribution is 0.0959. The van der Waals surface area contributed by atoms with Crippen LogP contribution in [0.15, 0.2) is 6.07 Å². The van der Waals surface area contributed by atoms with Crippen molar-refractivity contribution in [1.29, 1.82) is 5.26 Å². The summed E-state index contributed by atoms with van der Waals surface area (Å²) in [6, 6.07) is 4.15. The number of anilines is 1. The van der Waals surface area contributed by atoms with Gasteiger partial charge in [0.05, 0.1) is 18.8 Å². The number of rotatable bonds is 2. The van der Waals surface area contributed by atoms with Gasteiger partial charge in [0, 0.05) is 31.3 Å². The Bertz CT molecular complexity index is 496. The Morgan fingerprint density at radius 2 is 2.37 bits per heavy atom. The van der Waals surface area contributed by atoms with E-state index < -0.39 is 0 Å². The van der Waals surface area contributed by atoms with E-state index in [-0.39, 0.29) is 12.5 Å². The van der Waals surface area contributed by atoms with Crippen molar-refractivity contribution in [2.75, 3.05) is 37.8 Å². The number of aryl methyl sites for hydroxylation is 2. The first-order valence-corrected chi connectivity index (χ1v) is 6.47. The van der Waals surface area contributed by atoms with E-state index in [0.717, 1.165) is 11.3 Å². The van der Waals surface area contributed by atoms with E-state index in [2.05, 4.69) is 11.1 Å². The number of hydrogen-bond acceptors (Lipinski definition) is 5. The molecular formula is C14H19N3O2. The first kappa shape index (κ1) is 13.8. The molecular weight excluding hydrogens is 242 g/mol. The van der Waals surface area contributed by atoms with E-state index >= 15 is 0 Å². The smallest absolute Gasteiger partial charge is 0.147 e. The molecule has 1 aromatic rings. The third-order valence-corrected chi connectivity index (χ3v) is 3.33. The molecule has 0 spiro atoms. The van der Waals surface area contributed by atoms with E-state index in [9.17, 15) is 10.4 Å². The maximum atomic E-state index is 9.32. The maximum Gasteiger partial charge on any atom is 0.147 e. The van der Waals surface area contributed by atoms with Gasteiger partial charge in [-0.05, 0) is 25.5 Å². The van der Waals surface area contributed by atoms with Gasteiger partial charge < -0.3 is 14.7 Å². The predicted molar refractivity (Wildman–Crippen MR) is 72.0 cm³/mol. The minimum absolute atomic E-state index is 0.0664. The van der Waals surface area contributed by atoms with E-state index in [1.54, 1.807) is 0 Å². The number of nitrogens with zero attached hydrogens (tertiary/aromatic N) is 3. The van der Waals surface area contributed by atoms with Gasteiger partial charge in [-0.1, -0.05) is 0 Å². The molecule has 5 heteroatoms. The molecule has 1 aromatic heterocycles. The zero-order valence-electron chi connectivity index (χ0n) is 11.4. The minimum atomic E-state index is 0.0664. The lowest BCUT2D eigenvalue weighted by atomic mass is 10.1. The Morgan fingerprint density at radius 1 is 1.58 bits per heavy atom. The van der Waals surface area contributed by atoms with Gasteiger partial charge in [-0.2, -0.15) is 5.26 Å². The van der Waals surface area contributed by atoms with Crippen molar-refractivity contribution in [3.8, 4) is 6.07 Å². The lowest BCUT2D eigenvalue weighted by Crippen LogP contribution is -2.33. The molecule has 2 rings (SSSR count).